The minimum atomic E-state index is -1.20. The molecule has 0 saturated carbocycles. The lowest BCUT2D eigenvalue weighted by atomic mass is 10.0. The summed E-state index contributed by atoms with van der Waals surface area (Å²) in [7, 11) is 1.36. The van der Waals surface area contributed by atoms with Crippen LogP contribution in [0.25, 0.3) is 21.3 Å². The summed E-state index contributed by atoms with van der Waals surface area (Å²) in [4.78, 5) is 28.2. The lowest BCUT2D eigenvalue weighted by molar-refractivity contribution is -0.142. The number of carbonyl (C=O) groups excluding carboxylic acids is 1. The number of ether oxygens (including phenoxy) is 1. The van der Waals surface area contributed by atoms with Gasteiger partial charge in [0.2, 0.25) is 0 Å². The first kappa shape index (κ1) is 26.7. The van der Waals surface area contributed by atoms with E-state index in [2.05, 4.69) is 15.6 Å². The van der Waals surface area contributed by atoms with E-state index in [9.17, 15) is 23.5 Å². The monoisotopic (exact) mass is 513 g/mol. The van der Waals surface area contributed by atoms with Gasteiger partial charge in [-0.2, -0.15) is 0 Å². The molecule has 0 spiro atoms. The van der Waals surface area contributed by atoms with Crippen LogP contribution < -0.4 is 10.6 Å². The Morgan fingerprint density at radius 3 is 2.36 bits per heavy atom. The summed E-state index contributed by atoms with van der Waals surface area (Å²) >= 11 is 1.22. The van der Waals surface area contributed by atoms with Gasteiger partial charge in [-0.1, -0.05) is 37.0 Å². The van der Waals surface area contributed by atoms with Gasteiger partial charge in [0.15, 0.2) is 11.2 Å². The molecule has 3 aromatic carbocycles. The van der Waals surface area contributed by atoms with Gasteiger partial charge in [0.25, 0.3) is 5.91 Å². The fraction of sp³-hybridized carbons (Fsp3) is 0.192. The molecule has 10 heteroatoms. The zero-order chi connectivity index (χ0) is 25.1. The number of aromatic nitrogens is 1. The molecule has 4 rings (SSSR count). The predicted molar refractivity (Wildman–Crippen MR) is 137 cm³/mol. The van der Waals surface area contributed by atoms with Gasteiger partial charge in [-0.05, 0) is 60.5 Å². The van der Waals surface area contributed by atoms with Crippen molar-refractivity contribution in [1.82, 2.24) is 10.3 Å². The number of benzene rings is 3. The zero-order valence-corrected chi connectivity index (χ0v) is 19.5. The summed E-state index contributed by atoms with van der Waals surface area (Å²) in [5, 5.41) is 15.1. The number of rotatable bonds is 8. The highest BCUT2D eigenvalue weighted by molar-refractivity contribution is 7.22. The van der Waals surface area contributed by atoms with Crippen LogP contribution in [0.3, 0.4) is 0 Å². The van der Waals surface area contributed by atoms with Crippen LogP contribution in [0.5, 0.6) is 0 Å². The molecule has 0 aliphatic heterocycles. The fourth-order valence-corrected chi connectivity index (χ4v) is 4.32. The Morgan fingerprint density at radius 1 is 1.03 bits per heavy atom. The summed E-state index contributed by atoms with van der Waals surface area (Å²) in [5.41, 5.74) is 2.35. The van der Waals surface area contributed by atoms with E-state index in [4.69, 9.17) is 4.74 Å². The molecular formula is C26H25F2N3O4S. The molecule has 4 aromatic rings. The van der Waals surface area contributed by atoms with Gasteiger partial charge in [-0.3, -0.25) is 4.79 Å². The van der Waals surface area contributed by atoms with Crippen molar-refractivity contribution in [3.63, 3.8) is 0 Å². The van der Waals surface area contributed by atoms with Gasteiger partial charge in [0.05, 0.1) is 22.0 Å². The summed E-state index contributed by atoms with van der Waals surface area (Å²) in [6.45, 7) is 1.55. The third-order valence-corrected chi connectivity index (χ3v) is 6.37. The highest BCUT2D eigenvalue weighted by Gasteiger charge is 2.26. The van der Waals surface area contributed by atoms with Crippen molar-refractivity contribution in [2.75, 3.05) is 12.4 Å². The molecule has 7 nitrogen and oxygen atoms in total. The van der Waals surface area contributed by atoms with Crippen LogP contribution in [-0.4, -0.2) is 41.2 Å². The van der Waals surface area contributed by atoms with Crippen LogP contribution in [0.4, 0.5) is 19.6 Å². The fourth-order valence-electron chi connectivity index (χ4n) is 3.42. The summed E-state index contributed by atoms with van der Waals surface area (Å²) in [5.74, 6) is -2.63. The smallest absolute Gasteiger partial charge is 0.328 e. The van der Waals surface area contributed by atoms with Crippen LogP contribution in [0.15, 0.2) is 60.7 Å². The van der Waals surface area contributed by atoms with Crippen molar-refractivity contribution in [1.29, 1.82) is 0 Å². The number of nitrogens with zero attached hydrogens (tertiary/aromatic N) is 1. The van der Waals surface area contributed by atoms with Crippen molar-refractivity contribution < 1.29 is 28.2 Å². The number of aliphatic carboxylic acids is 1. The third kappa shape index (κ3) is 5.84. The molecule has 0 aliphatic carbocycles. The Hall–Kier alpha value is -3.89. The average Bonchev–Trinajstić information content (AvgIpc) is 3.24. The van der Waals surface area contributed by atoms with Gasteiger partial charge < -0.3 is 20.5 Å². The van der Waals surface area contributed by atoms with E-state index in [0.29, 0.717) is 26.5 Å². The number of carbonyl (C=O) groups is 2. The van der Waals surface area contributed by atoms with Crippen molar-refractivity contribution in [3.05, 3.63) is 77.9 Å². The molecule has 0 aliphatic rings. The van der Waals surface area contributed by atoms with Crippen LogP contribution in [0.2, 0.25) is 0 Å². The maximum atomic E-state index is 14.8. The van der Waals surface area contributed by atoms with E-state index in [1.54, 1.807) is 37.3 Å². The largest absolute Gasteiger partial charge is 0.480 e. The highest BCUT2D eigenvalue weighted by Crippen LogP contribution is 2.31. The number of thiazole rings is 1. The molecular weight excluding hydrogens is 488 g/mol. The molecule has 0 saturated heterocycles. The van der Waals surface area contributed by atoms with E-state index >= 15 is 0 Å². The standard InChI is InChI=1S/C25H21F2N3O4S.CH4/c1-13(34-2)22(24(32)33)30-23(31)15-5-3-14(4-6-15)16-7-9-19(18(27)11-16)28-25-29-20-10-8-17(26)12-21(20)35-25;/h3-13,22H,1-2H3,(H,28,29)(H,30,31)(H,32,33);1H4/t13-,22-;/m0./s1. The lowest BCUT2D eigenvalue weighted by Gasteiger charge is -2.20. The topological polar surface area (TPSA) is 101 Å². The van der Waals surface area contributed by atoms with Gasteiger partial charge in [0, 0.05) is 12.7 Å². The normalized spacial score (nSPS) is 12.4. The summed E-state index contributed by atoms with van der Waals surface area (Å²) in [6.07, 6.45) is -0.713. The number of fused-ring (bicyclic) bond motifs is 1. The van der Waals surface area contributed by atoms with Crippen molar-refractivity contribution >= 4 is 44.2 Å². The Labute approximate surface area is 210 Å². The Kier molecular flexibility index (Phi) is 8.33. The van der Waals surface area contributed by atoms with E-state index in [-0.39, 0.29) is 24.5 Å². The molecule has 0 radical (unpaired) electrons. The number of anilines is 2. The predicted octanol–water partition coefficient (Wildman–Crippen LogP) is 5.84. The minimum Gasteiger partial charge on any atom is -0.480 e. The first-order valence-corrected chi connectivity index (χ1v) is 11.4. The summed E-state index contributed by atoms with van der Waals surface area (Å²) in [6, 6.07) is 14.1. The van der Waals surface area contributed by atoms with Crippen LogP contribution in [0.1, 0.15) is 24.7 Å². The molecule has 1 heterocycles. The number of hydrogen-bond acceptors (Lipinski definition) is 6. The minimum absolute atomic E-state index is 0. The molecule has 3 N–H and O–H groups in total. The van der Waals surface area contributed by atoms with Crippen molar-refractivity contribution in [3.8, 4) is 11.1 Å². The lowest BCUT2D eigenvalue weighted by Crippen LogP contribution is -2.48. The average molecular weight is 514 g/mol. The summed E-state index contributed by atoms with van der Waals surface area (Å²) < 4.78 is 33.9. The second-order valence-electron chi connectivity index (χ2n) is 7.76. The van der Waals surface area contributed by atoms with Crippen LogP contribution in [0, 0.1) is 11.6 Å². The SMILES string of the molecule is C.CO[C@@H](C)[C@H](NC(=O)c1ccc(-c2ccc(Nc3nc4ccc(F)cc4s3)c(F)c2)cc1)C(=O)O. The van der Waals surface area contributed by atoms with Crippen LogP contribution in [-0.2, 0) is 9.53 Å². The first-order chi connectivity index (χ1) is 16.7. The van der Waals surface area contributed by atoms with Crippen molar-refractivity contribution in [2.24, 2.45) is 0 Å². The number of halogens is 2. The number of hydrogen-bond donors (Lipinski definition) is 3. The second kappa shape index (κ2) is 11.2. The van der Waals surface area contributed by atoms with Gasteiger partial charge in [-0.25, -0.2) is 18.6 Å². The van der Waals surface area contributed by atoms with E-state index in [1.807, 2.05) is 0 Å². The van der Waals surface area contributed by atoms with E-state index in [1.165, 1.54) is 48.8 Å². The molecule has 188 valence electrons. The first-order valence-electron chi connectivity index (χ1n) is 10.5. The molecule has 0 unspecified atom stereocenters. The Bertz CT molecular complexity index is 1390. The molecule has 0 bridgehead atoms. The molecule has 36 heavy (non-hydrogen) atoms. The quantitative estimate of drug-likeness (QED) is 0.274. The molecule has 1 aromatic heterocycles. The number of nitrogens with one attached hydrogen (secondary N) is 2. The van der Waals surface area contributed by atoms with E-state index < -0.39 is 29.8 Å². The molecule has 0 fully saturated rings. The number of methoxy groups -OCH3 is 1. The zero-order valence-electron chi connectivity index (χ0n) is 18.7. The Balaban J connectivity index is 0.00000361. The highest BCUT2D eigenvalue weighted by atomic mass is 32.1. The van der Waals surface area contributed by atoms with Crippen LogP contribution >= 0.6 is 11.3 Å². The second-order valence-corrected chi connectivity index (χ2v) is 8.79. The maximum Gasteiger partial charge on any atom is 0.328 e. The van der Waals surface area contributed by atoms with Crippen molar-refractivity contribution in [2.45, 2.75) is 26.5 Å². The molecule has 1 amide bonds. The number of carboxylic acids is 1. The number of amides is 1. The Morgan fingerprint density at radius 2 is 1.72 bits per heavy atom. The molecule has 2 atom stereocenters. The van der Waals surface area contributed by atoms with E-state index in [0.717, 1.165) is 0 Å². The number of carboxylic acid groups (broad SMARTS) is 1. The van der Waals surface area contributed by atoms with Gasteiger partial charge in [0.1, 0.15) is 11.6 Å². The van der Waals surface area contributed by atoms with Gasteiger partial charge in [-0.15, -0.1) is 0 Å². The maximum absolute atomic E-state index is 14.8. The third-order valence-electron chi connectivity index (χ3n) is 5.44. The van der Waals surface area contributed by atoms with Gasteiger partial charge >= 0.3 is 5.97 Å².